The molecule has 1 fully saturated rings. The fourth-order valence-electron chi connectivity index (χ4n) is 2.28. The van der Waals surface area contributed by atoms with Crippen LogP contribution in [0.15, 0.2) is 29.4 Å². The lowest BCUT2D eigenvalue weighted by Gasteiger charge is -2.23. The minimum absolute atomic E-state index is 0.0685. The fraction of sp³-hybridized carbons (Fsp3) is 0.333. The Kier molecular flexibility index (Phi) is 2.64. The lowest BCUT2D eigenvalue weighted by Crippen LogP contribution is -2.48. The number of benzene rings is 1. The van der Waals surface area contributed by atoms with E-state index in [9.17, 15) is 4.79 Å². The average Bonchev–Trinajstić information content (AvgIpc) is 2.84. The van der Waals surface area contributed by atoms with Crippen molar-refractivity contribution in [2.24, 2.45) is 5.10 Å². The molecule has 0 aliphatic carbocycles. The molecular weight excluding hydrogens is 232 g/mol. The largest absolute Gasteiger partial charge is 0.497 e. The molecule has 0 aromatic heterocycles. The molecule has 1 amide bonds. The van der Waals surface area contributed by atoms with Crippen molar-refractivity contribution in [3.63, 3.8) is 0 Å². The third-order valence-corrected chi connectivity index (χ3v) is 3.28. The first-order valence-electron chi connectivity index (χ1n) is 5.79. The van der Waals surface area contributed by atoms with Crippen LogP contribution in [0.3, 0.4) is 0 Å². The number of carbonyl (C=O) groups excluding carboxylic acids is 1. The van der Waals surface area contributed by atoms with Crippen LogP contribution in [0, 0.1) is 0 Å². The van der Waals surface area contributed by atoms with Gasteiger partial charge in [0.15, 0.2) is 0 Å². The van der Waals surface area contributed by atoms with Crippen LogP contribution in [-0.2, 0) is 4.79 Å². The first-order valence-corrected chi connectivity index (χ1v) is 5.79. The van der Waals surface area contributed by atoms with Gasteiger partial charge in [0.25, 0.3) is 5.91 Å². The van der Waals surface area contributed by atoms with Gasteiger partial charge in [-0.2, -0.15) is 5.10 Å². The lowest BCUT2D eigenvalue weighted by molar-refractivity contribution is -0.125. The number of amides is 1. The highest BCUT2D eigenvalue weighted by Crippen LogP contribution is 2.28. The quantitative estimate of drug-likeness (QED) is 0.792. The van der Waals surface area contributed by atoms with E-state index in [1.807, 2.05) is 24.3 Å². The van der Waals surface area contributed by atoms with Gasteiger partial charge < -0.3 is 4.74 Å². The van der Waals surface area contributed by atoms with Crippen LogP contribution in [0.4, 0.5) is 0 Å². The molecule has 0 saturated carbocycles. The van der Waals surface area contributed by atoms with Crippen molar-refractivity contribution in [2.75, 3.05) is 7.11 Å². The SMILES string of the molecule is COc1ccc(C2CC3C(=O)NN=CN3N2)cc1. The maximum atomic E-state index is 11.6. The van der Waals surface area contributed by atoms with Crippen molar-refractivity contribution in [1.82, 2.24) is 15.9 Å². The topological polar surface area (TPSA) is 66.0 Å². The summed E-state index contributed by atoms with van der Waals surface area (Å²) in [7, 11) is 1.64. The molecular formula is C12H14N4O2. The molecule has 2 heterocycles. The van der Waals surface area contributed by atoms with E-state index in [1.54, 1.807) is 18.5 Å². The molecule has 2 unspecified atom stereocenters. The van der Waals surface area contributed by atoms with Crippen molar-refractivity contribution in [3.8, 4) is 5.75 Å². The van der Waals surface area contributed by atoms with Crippen LogP contribution >= 0.6 is 0 Å². The molecule has 0 spiro atoms. The summed E-state index contributed by atoms with van der Waals surface area (Å²) in [6, 6.07) is 7.78. The van der Waals surface area contributed by atoms with Gasteiger partial charge in [0.2, 0.25) is 0 Å². The smallest absolute Gasteiger partial charge is 0.264 e. The molecule has 94 valence electrons. The van der Waals surface area contributed by atoms with Crippen LogP contribution in [0.25, 0.3) is 0 Å². The number of nitrogens with one attached hydrogen (secondary N) is 2. The highest BCUT2D eigenvalue weighted by atomic mass is 16.5. The van der Waals surface area contributed by atoms with Crippen molar-refractivity contribution >= 4 is 12.2 Å². The second-order valence-corrected chi connectivity index (χ2v) is 4.33. The molecule has 3 rings (SSSR count). The third-order valence-electron chi connectivity index (χ3n) is 3.28. The van der Waals surface area contributed by atoms with Crippen LogP contribution in [0.1, 0.15) is 18.0 Å². The highest BCUT2D eigenvalue weighted by Gasteiger charge is 2.37. The lowest BCUT2D eigenvalue weighted by atomic mass is 10.0. The fourth-order valence-corrected chi connectivity index (χ4v) is 2.28. The second kappa shape index (κ2) is 4.30. The van der Waals surface area contributed by atoms with Gasteiger partial charge in [-0.15, -0.1) is 0 Å². The highest BCUT2D eigenvalue weighted by molar-refractivity contribution is 5.87. The number of nitrogens with zero attached hydrogens (tertiary/aromatic N) is 2. The van der Waals surface area contributed by atoms with E-state index in [-0.39, 0.29) is 18.0 Å². The summed E-state index contributed by atoms with van der Waals surface area (Å²) >= 11 is 0. The number of fused-ring (bicyclic) bond motifs is 1. The number of rotatable bonds is 2. The molecule has 2 N–H and O–H groups in total. The van der Waals surface area contributed by atoms with Crippen molar-refractivity contribution in [1.29, 1.82) is 0 Å². The summed E-state index contributed by atoms with van der Waals surface area (Å²) in [5.74, 6) is 0.759. The summed E-state index contributed by atoms with van der Waals surface area (Å²) < 4.78 is 5.13. The summed E-state index contributed by atoms with van der Waals surface area (Å²) in [4.78, 5) is 11.6. The van der Waals surface area contributed by atoms with Gasteiger partial charge in [-0.3, -0.25) is 9.80 Å². The predicted molar refractivity (Wildman–Crippen MR) is 65.7 cm³/mol. The average molecular weight is 246 g/mol. The standard InChI is InChI=1S/C12H14N4O2/c1-18-9-4-2-8(3-5-9)10-6-11-12(17)14-13-7-16(11)15-10/h2-5,7,10-11,15H,6H2,1H3,(H,14,17). The number of hydrogen-bond donors (Lipinski definition) is 2. The Balaban J connectivity index is 1.78. The first kappa shape index (κ1) is 11.0. The Morgan fingerprint density at radius 2 is 2.17 bits per heavy atom. The molecule has 2 aliphatic rings. The van der Waals surface area contributed by atoms with Gasteiger partial charge in [0.1, 0.15) is 18.1 Å². The maximum Gasteiger partial charge on any atom is 0.264 e. The molecule has 0 bridgehead atoms. The maximum absolute atomic E-state index is 11.6. The molecule has 1 aromatic carbocycles. The van der Waals surface area contributed by atoms with E-state index in [4.69, 9.17) is 4.74 Å². The summed E-state index contributed by atoms with van der Waals surface area (Å²) in [6.45, 7) is 0. The molecule has 18 heavy (non-hydrogen) atoms. The summed E-state index contributed by atoms with van der Waals surface area (Å²) in [5, 5.41) is 5.53. The number of carbonyl (C=O) groups is 1. The molecule has 1 saturated heterocycles. The minimum atomic E-state index is -0.186. The third kappa shape index (κ3) is 1.80. The Morgan fingerprint density at radius 1 is 1.39 bits per heavy atom. The van der Waals surface area contributed by atoms with E-state index in [0.717, 1.165) is 17.7 Å². The van der Waals surface area contributed by atoms with Gasteiger partial charge in [0.05, 0.1) is 13.2 Å². The summed E-state index contributed by atoms with van der Waals surface area (Å²) in [5.41, 5.74) is 6.86. The minimum Gasteiger partial charge on any atom is -0.497 e. The number of hydrogen-bond acceptors (Lipinski definition) is 5. The molecule has 6 heteroatoms. The number of hydrazone groups is 1. The molecule has 6 nitrogen and oxygen atoms in total. The van der Waals surface area contributed by atoms with Crippen molar-refractivity contribution < 1.29 is 9.53 Å². The van der Waals surface area contributed by atoms with E-state index >= 15 is 0 Å². The van der Waals surface area contributed by atoms with Gasteiger partial charge in [-0.1, -0.05) is 12.1 Å². The normalized spacial score (nSPS) is 25.8. The van der Waals surface area contributed by atoms with Crippen molar-refractivity contribution in [2.45, 2.75) is 18.5 Å². The first-order chi connectivity index (χ1) is 8.78. The van der Waals surface area contributed by atoms with Gasteiger partial charge in [-0.05, 0) is 24.1 Å². The Labute approximate surface area is 105 Å². The van der Waals surface area contributed by atoms with E-state index in [0.29, 0.717) is 0 Å². The van der Waals surface area contributed by atoms with Gasteiger partial charge in [0, 0.05) is 0 Å². The van der Waals surface area contributed by atoms with Gasteiger partial charge in [-0.25, -0.2) is 10.9 Å². The van der Waals surface area contributed by atoms with Crippen molar-refractivity contribution in [3.05, 3.63) is 29.8 Å². The van der Waals surface area contributed by atoms with E-state index in [2.05, 4.69) is 16.0 Å². The zero-order chi connectivity index (χ0) is 12.5. The zero-order valence-electron chi connectivity index (χ0n) is 9.96. The summed E-state index contributed by atoms with van der Waals surface area (Å²) in [6.07, 6.45) is 2.33. The number of hydrazine groups is 1. The zero-order valence-corrected chi connectivity index (χ0v) is 9.96. The molecule has 0 radical (unpaired) electrons. The Bertz CT molecular complexity index is 485. The molecule has 2 aliphatic heterocycles. The molecule has 1 aromatic rings. The predicted octanol–water partition coefficient (Wildman–Crippen LogP) is 0.388. The Hall–Kier alpha value is -2.08. The second-order valence-electron chi connectivity index (χ2n) is 4.33. The van der Waals surface area contributed by atoms with Crippen LogP contribution in [0.5, 0.6) is 5.75 Å². The van der Waals surface area contributed by atoms with Crippen LogP contribution in [0.2, 0.25) is 0 Å². The van der Waals surface area contributed by atoms with Gasteiger partial charge >= 0.3 is 0 Å². The number of ether oxygens (including phenoxy) is 1. The monoisotopic (exact) mass is 246 g/mol. The number of methoxy groups -OCH3 is 1. The Morgan fingerprint density at radius 3 is 2.83 bits per heavy atom. The van der Waals surface area contributed by atoms with Crippen LogP contribution < -0.4 is 15.6 Å². The molecule has 2 atom stereocenters. The van der Waals surface area contributed by atoms with Crippen LogP contribution in [-0.4, -0.2) is 30.4 Å². The van der Waals surface area contributed by atoms with E-state index < -0.39 is 0 Å². The van der Waals surface area contributed by atoms with E-state index in [1.165, 1.54) is 0 Å².